The third-order valence-corrected chi connectivity index (χ3v) is 12.1. The fourth-order valence-electron chi connectivity index (χ4n) is 9.92. The molecule has 4 aliphatic carbocycles. The lowest BCUT2D eigenvalue weighted by molar-refractivity contribution is -0.264. The maximum absolute atomic E-state index is 11.7. The molecule has 3 N–H and O–H groups in total. The van der Waals surface area contributed by atoms with Crippen LogP contribution in [-0.4, -0.2) is 33.1 Å². The second-order valence-electron chi connectivity index (χ2n) is 13.6. The van der Waals surface area contributed by atoms with Crippen LogP contribution in [0.3, 0.4) is 0 Å². The van der Waals surface area contributed by atoms with Gasteiger partial charge in [-0.1, -0.05) is 54.4 Å². The van der Waals surface area contributed by atoms with Crippen molar-refractivity contribution in [2.75, 3.05) is 0 Å². The summed E-state index contributed by atoms with van der Waals surface area (Å²) in [6.45, 7) is 14.5. The summed E-state index contributed by atoms with van der Waals surface area (Å²) in [6.07, 6.45) is 10.7. The number of hydrogen-bond acceptors (Lipinski definition) is 3. The molecule has 0 aromatic heterocycles. The normalized spacial score (nSPS) is 50.4. The Morgan fingerprint density at radius 3 is 2.28 bits per heavy atom. The molecular formula is C29H52O3. The first kappa shape index (κ1) is 25.0. The number of aliphatic hydroxyl groups excluding tert-OH is 2. The molecule has 3 heteroatoms. The summed E-state index contributed by atoms with van der Waals surface area (Å²) in [5.74, 6) is 4.92. The Morgan fingerprint density at radius 2 is 1.62 bits per heavy atom. The molecule has 32 heavy (non-hydrogen) atoms. The molecule has 3 nitrogen and oxygen atoms in total. The average Bonchev–Trinajstić information content (AvgIpc) is 3.08. The standard InChI is InChI=1S/C29H52O3/c1-7-20(18(2)3)9-8-19(4)23-10-11-24-22-16-26(31)29(32)17-21(30)12-15-28(29,6)25(22)13-14-27(23,24)5/h18-26,30-32H,7-17H2,1-6H3/t19-,20?,21?,22+,23-,24+,25+,26?,27-,28-,29?/m1/s1. The van der Waals surface area contributed by atoms with E-state index in [0.717, 1.165) is 42.9 Å². The molecule has 0 aromatic rings. The van der Waals surface area contributed by atoms with Crippen molar-refractivity contribution in [3.8, 4) is 0 Å². The largest absolute Gasteiger partial charge is 0.393 e. The minimum atomic E-state index is -1.11. The van der Waals surface area contributed by atoms with Crippen LogP contribution in [0.4, 0.5) is 0 Å². The van der Waals surface area contributed by atoms with E-state index in [1.54, 1.807) is 0 Å². The van der Waals surface area contributed by atoms with Crippen LogP contribution in [0, 0.1) is 52.3 Å². The summed E-state index contributed by atoms with van der Waals surface area (Å²) in [5.41, 5.74) is -0.984. The van der Waals surface area contributed by atoms with Crippen LogP contribution in [-0.2, 0) is 0 Å². The highest BCUT2D eigenvalue weighted by Gasteiger charge is 2.67. The Hall–Kier alpha value is -0.120. The van der Waals surface area contributed by atoms with Crippen molar-refractivity contribution in [3.63, 3.8) is 0 Å². The Balaban J connectivity index is 1.51. The number of fused-ring (bicyclic) bond motifs is 5. The molecule has 186 valence electrons. The van der Waals surface area contributed by atoms with E-state index in [4.69, 9.17) is 0 Å². The molecule has 0 aromatic carbocycles. The summed E-state index contributed by atoms with van der Waals surface area (Å²) < 4.78 is 0. The first-order valence-electron chi connectivity index (χ1n) is 14.1. The van der Waals surface area contributed by atoms with E-state index in [1.165, 1.54) is 44.9 Å². The van der Waals surface area contributed by atoms with Crippen molar-refractivity contribution in [1.82, 2.24) is 0 Å². The lowest BCUT2D eigenvalue weighted by atomic mass is 9.42. The lowest BCUT2D eigenvalue weighted by Crippen LogP contribution is -2.68. The number of aliphatic hydroxyl groups is 3. The molecule has 4 unspecified atom stereocenters. The molecule has 4 aliphatic rings. The Bertz CT molecular complexity index is 663. The molecule has 0 spiro atoms. The van der Waals surface area contributed by atoms with Gasteiger partial charge in [0.25, 0.3) is 0 Å². The van der Waals surface area contributed by atoms with Gasteiger partial charge < -0.3 is 15.3 Å². The Labute approximate surface area is 197 Å². The van der Waals surface area contributed by atoms with Crippen LogP contribution in [0.1, 0.15) is 112 Å². The van der Waals surface area contributed by atoms with E-state index in [2.05, 4.69) is 41.5 Å². The van der Waals surface area contributed by atoms with Gasteiger partial charge in [0, 0.05) is 11.8 Å². The predicted molar refractivity (Wildman–Crippen MR) is 131 cm³/mol. The number of rotatable bonds is 6. The Morgan fingerprint density at radius 1 is 0.906 bits per heavy atom. The van der Waals surface area contributed by atoms with Crippen LogP contribution in [0.25, 0.3) is 0 Å². The molecule has 0 heterocycles. The molecule has 0 amide bonds. The summed E-state index contributed by atoms with van der Waals surface area (Å²) in [6, 6.07) is 0. The van der Waals surface area contributed by atoms with E-state index in [-0.39, 0.29) is 5.41 Å². The maximum Gasteiger partial charge on any atom is 0.0985 e. The third kappa shape index (κ3) is 3.72. The first-order chi connectivity index (χ1) is 15.0. The van der Waals surface area contributed by atoms with Gasteiger partial charge in [0.1, 0.15) is 0 Å². The van der Waals surface area contributed by atoms with Crippen molar-refractivity contribution >= 4 is 0 Å². The van der Waals surface area contributed by atoms with E-state index < -0.39 is 17.8 Å². The van der Waals surface area contributed by atoms with Crippen molar-refractivity contribution in [1.29, 1.82) is 0 Å². The zero-order valence-corrected chi connectivity index (χ0v) is 21.8. The summed E-state index contributed by atoms with van der Waals surface area (Å²) >= 11 is 0. The zero-order chi connectivity index (χ0) is 23.5. The molecular weight excluding hydrogens is 396 g/mol. The smallest absolute Gasteiger partial charge is 0.0985 e. The van der Waals surface area contributed by atoms with Gasteiger partial charge in [-0.2, -0.15) is 0 Å². The molecule has 0 radical (unpaired) electrons. The molecule has 4 rings (SSSR count). The minimum Gasteiger partial charge on any atom is -0.393 e. The van der Waals surface area contributed by atoms with E-state index in [1.807, 2.05) is 0 Å². The van der Waals surface area contributed by atoms with Crippen LogP contribution in [0.2, 0.25) is 0 Å². The molecule has 11 atom stereocenters. The highest BCUT2D eigenvalue weighted by atomic mass is 16.3. The second-order valence-corrected chi connectivity index (χ2v) is 13.6. The molecule has 4 fully saturated rings. The minimum absolute atomic E-state index is 0.259. The van der Waals surface area contributed by atoms with Crippen molar-refractivity contribution in [2.45, 2.75) is 130 Å². The molecule has 0 aliphatic heterocycles. The molecule has 0 bridgehead atoms. The highest BCUT2D eigenvalue weighted by Crippen LogP contribution is 2.69. The fourth-order valence-corrected chi connectivity index (χ4v) is 9.92. The summed E-state index contributed by atoms with van der Waals surface area (Å²) in [4.78, 5) is 0. The first-order valence-corrected chi connectivity index (χ1v) is 14.1. The molecule has 0 saturated heterocycles. The van der Waals surface area contributed by atoms with Crippen molar-refractivity contribution < 1.29 is 15.3 Å². The lowest BCUT2D eigenvalue weighted by Gasteiger charge is -2.65. The Kier molecular flexibility index (Phi) is 6.89. The van der Waals surface area contributed by atoms with Gasteiger partial charge in [-0.25, -0.2) is 0 Å². The summed E-state index contributed by atoms with van der Waals surface area (Å²) in [5, 5.41) is 33.2. The quantitative estimate of drug-likeness (QED) is 0.454. The number of hydrogen-bond donors (Lipinski definition) is 3. The van der Waals surface area contributed by atoms with Gasteiger partial charge in [0.2, 0.25) is 0 Å². The van der Waals surface area contributed by atoms with E-state index in [9.17, 15) is 15.3 Å². The second kappa shape index (κ2) is 8.83. The van der Waals surface area contributed by atoms with Gasteiger partial charge in [-0.3, -0.25) is 0 Å². The summed E-state index contributed by atoms with van der Waals surface area (Å²) in [7, 11) is 0. The van der Waals surface area contributed by atoms with Gasteiger partial charge in [-0.15, -0.1) is 0 Å². The van der Waals surface area contributed by atoms with Crippen molar-refractivity contribution in [3.05, 3.63) is 0 Å². The van der Waals surface area contributed by atoms with Gasteiger partial charge in [-0.05, 0) is 98.2 Å². The predicted octanol–water partition coefficient (Wildman–Crippen LogP) is 6.19. The van der Waals surface area contributed by atoms with Gasteiger partial charge in [0.15, 0.2) is 0 Å². The van der Waals surface area contributed by atoms with Crippen LogP contribution in [0.5, 0.6) is 0 Å². The van der Waals surface area contributed by atoms with Gasteiger partial charge in [0.05, 0.1) is 17.8 Å². The van der Waals surface area contributed by atoms with Crippen LogP contribution >= 0.6 is 0 Å². The van der Waals surface area contributed by atoms with E-state index >= 15 is 0 Å². The van der Waals surface area contributed by atoms with E-state index in [0.29, 0.717) is 29.6 Å². The van der Waals surface area contributed by atoms with Gasteiger partial charge >= 0.3 is 0 Å². The third-order valence-electron chi connectivity index (χ3n) is 12.1. The fraction of sp³-hybridized carbons (Fsp3) is 1.00. The topological polar surface area (TPSA) is 60.7 Å². The zero-order valence-electron chi connectivity index (χ0n) is 21.8. The van der Waals surface area contributed by atoms with Crippen LogP contribution < -0.4 is 0 Å². The molecule has 4 saturated carbocycles. The maximum atomic E-state index is 11.7. The monoisotopic (exact) mass is 448 g/mol. The SMILES string of the molecule is CCC(CC[C@@H](C)[C@H]1CC[C@H]2[C@@H]3CC(O)C4(O)CC(O)CC[C@]4(C)[C@H]3CC[C@]12C)C(C)C. The average molecular weight is 449 g/mol. The highest BCUT2D eigenvalue weighted by molar-refractivity contribution is 5.17. The van der Waals surface area contributed by atoms with Crippen LogP contribution in [0.15, 0.2) is 0 Å². The van der Waals surface area contributed by atoms with Crippen molar-refractivity contribution in [2.24, 2.45) is 52.3 Å².